The van der Waals surface area contributed by atoms with Gasteiger partial charge in [0.2, 0.25) is 5.91 Å². The van der Waals surface area contributed by atoms with Crippen LogP contribution in [-0.2, 0) is 4.79 Å². The number of amides is 1. The van der Waals surface area contributed by atoms with E-state index in [-0.39, 0.29) is 17.6 Å². The number of phenolic OH excluding ortho intramolecular Hbond substituents is 1. The highest BCUT2D eigenvalue weighted by molar-refractivity contribution is 7.13. The quantitative estimate of drug-likeness (QED) is 0.666. The van der Waals surface area contributed by atoms with Gasteiger partial charge in [-0.1, -0.05) is 38.1 Å². The van der Waals surface area contributed by atoms with Crippen LogP contribution in [0.2, 0.25) is 0 Å². The number of fused-ring (bicyclic) bond motifs is 2. The molecule has 6 heteroatoms. The van der Waals surface area contributed by atoms with Crippen LogP contribution < -0.4 is 10.1 Å². The van der Waals surface area contributed by atoms with Crippen molar-refractivity contribution in [2.75, 3.05) is 5.32 Å². The van der Waals surface area contributed by atoms with Crippen molar-refractivity contribution in [2.24, 2.45) is 5.41 Å². The average Bonchev–Trinajstić information content (AvgIpc) is 3.04. The summed E-state index contributed by atoms with van der Waals surface area (Å²) >= 11 is 1.41. The lowest BCUT2D eigenvalue weighted by molar-refractivity contribution is -0.124. The van der Waals surface area contributed by atoms with E-state index in [4.69, 9.17) is 4.74 Å². The number of aryl methyl sites for hydroxylation is 1. The molecule has 4 rings (SSSR count). The molecule has 0 bridgehead atoms. The van der Waals surface area contributed by atoms with E-state index in [2.05, 4.69) is 10.3 Å². The molecular formula is C21H20N2O3S. The number of thiazole rings is 1. The van der Waals surface area contributed by atoms with Gasteiger partial charge in [-0.2, -0.15) is 0 Å². The van der Waals surface area contributed by atoms with E-state index in [0.29, 0.717) is 16.6 Å². The van der Waals surface area contributed by atoms with E-state index < -0.39 is 5.41 Å². The standard InChI is InChI=1S/C21H20N2O3S/c1-12-11-27-20(22-12)23-19(25)21(2,3)18-14-6-4-5-7-16(14)26-17-10-13(24)8-9-15(17)18/h4-11,18,24H,1-3H3,(H,22,23,25)/t18-/m1/s1. The number of para-hydroxylation sites is 1. The predicted octanol–water partition coefficient (Wildman–Crippen LogP) is 5.06. The lowest BCUT2D eigenvalue weighted by Crippen LogP contribution is -2.38. The summed E-state index contributed by atoms with van der Waals surface area (Å²) in [5.74, 6) is 1.07. The van der Waals surface area contributed by atoms with Crippen molar-refractivity contribution in [1.29, 1.82) is 0 Å². The van der Waals surface area contributed by atoms with Gasteiger partial charge in [0.15, 0.2) is 5.13 Å². The van der Waals surface area contributed by atoms with Crippen LogP contribution in [0.3, 0.4) is 0 Å². The molecule has 0 fully saturated rings. The highest BCUT2D eigenvalue weighted by atomic mass is 32.1. The Morgan fingerprint density at radius 1 is 1.19 bits per heavy atom. The molecule has 3 aromatic rings. The fourth-order valence-electron chi connectivity index (χ4n) is 3.53. The van der Waals surface area contributed by atoms with Crippen LogP contribution in [0.4, 0.5) is 5.13 Å². The molecule has 5 nitrogen and oxygen atoms in total. The highest BCUT2D eigenvalue weighted by Gasteiger charge is 2.43. The van der Waals surface area contributed by atoms with Gasteiger partial charge in [0.05, 0.1) is 11.1 Å². The largest absolute Gasteiger partial charge is 0.508 e. The summed E-state index contributed by atoms with van der Waals surface area (Å²) in [4.78, 5) is 17.5. The normalized spacial score (nSPS) is 15.4. The number of aromatic hydroxyl groups is 1. The van der Waals surface area contributed by atoms with Gasteiger partial charge in [0.25, 0.3) is 0 Å². The minimum Gasteiger partial charge on any atom is -0.508 e. The van der Waals surface area contributed by atoms with E-state index in [9.17, 15) is 9.90 Å². The zero-order valence-electron chi connectivity index (χ0n) is 15.3. The summed E-state index contributed by atoms with van der Waals surface area (Å²) in [6, 6.07) is 12.8. The number of nitrogens with one attached hydrogen (secondary N) is 1. The number of nitrogens with zero attached hydrogens (tertiary/aromatic N) is 1. The van der Waals surface area contributed by atoms with Crippen LogP contribution in [0, 0.1) is 12.3 Å². The number of anilines is 1. The Hall–Kier alpha value is -2.86. The monoisotopic (exact) mass is 380 g/mol. The first-order valence-electron chi connectivity index (χ1n) is 8.69. The molecule has 0 unspecified atom stereocenters. The Kier molecular flexibility index (Phi) is 4.15. The van der Waals surface area contributed by atoms with Crippen LogP contribution in [0.25, 0.3) is 0 Å². The highest BCUT2D eigenvalue weighted by Crippen LogP contribution is 2.52. The second-order valence-corrected chi connectivity index (χ2v) is 8.12. The summed E-state index contributed by atoms with van der Waals surface area (Å²) in [5.41, 5.74) is 1.93. The summed E-state index contributed by atoms with van der Waals surface area (Å²) in [5, 5.41) is 15.3. The molecule has 27 heavy (non-hydrogen) atoms. The van der Waals surface area contributed by atoms with Crippen molar-refractivity contribution in [1.82, 2.24) is 4.98 Å². The molecule has 1 atom stereocenters. The van der Waals surface area contributed by atoms with Gasteiger partial charge in [0, 0.05) is 28.5 Å². The molecule has 2 N–H and O–H groups in total. The third-order valence-corrected chi connectivity index (χ3v) is 5.78. The SMILES string of the molecule is Cc1csc(NC(=O)C(C)(C)[C@@H]2c3ccccc3Oc3cc(O)ccc32)n1. The Morgan fingerprint density at radius 2 is 1.93 bits per heavy atom. The molecular weight excluding hydrogens is 360 g/mol. The van der Waals surface area contributed by atoms with Crippen LogP contribution in [-0.4, -0.2) is 16.0 Å². The smallest absolute Gasteiger partial charge is 0.232 e. The molecule has 0 saturated heterocycles. The number of carbonyl (C=O) groups is 1. The van der Waals surface area contributed by atoms with Crippen LogP contribution in [0.5, 0.6) is 17.2 Å². The van der Waals surface area contributed by atoms with Crippen LogP contribution in [0.15, 0.2) is 47.8 Å². The molecule has 0 spiro atoms. The summed E-state index contributed by atoms with van der Waals surface area (Å²) in [6.07, 6.45) is 0. The molecule has 2 heterocycles. The Bertz CT molecular complexity index is 1030. The van der Waals surface area contributed by atoms with E-state index in [1.165, 1.54) is 11.3 Å². The number of ether oxygens (including phenoxy) is 1. The topological polar surface area (TPSA) is 71.5 Å². The molecule has 2 aromatic carbocycles. The number of hydrogen-bond donors (Lipinski definition) is 2. The molecule has 1 aliphatic heterocycles. The first kappa shape index (κ1) is 17.5. The zero-order valence-corrected chi connectivity index (χ0v) is 16.1. The number of aromatic nitrogens is 1. The number of carbonyl (C=O) groups excluding carboxylic acids is 1. The average molecular weight is 380 g/mol. The molecule has 0 aliphatic carbocycles. The van der Waals surface area contributed by atoms with Crippen molar-refractivity contribution in [3.8, 4) is 17.2 Å². The van der Waals surface area contributed by atoms with Gasteiger partial charge in [0.1, 0.15) is 17.2 Å². The van der Waals surface area contributed by atoms with Crippen molar-refractivity contribution in [3.63, 3.8) is 0 Å². The Morgan fingerprint density at radius 3 is 2.67 bits per heavy atom. The van der Waals surface area contributed by atoms with Crippen LogP contribution in [0.1, 0.15) is 36.6 Å². The second-order valence-electron chi connectivity index (χ2n) is 7.26. The number of rotatable bonds is 3. The van der Waals surface area contributed by atoms with Crippen molar-refractivity contribution >= 4 is 22.4 Å². The van der Waals surface area contributed by atoms with E-state index in [1.807, 2.05) is 56.5 Å². The third-order valence-electron chi connectivity index (χ3n) is 4.90. The first-order valence-corrected chi connectivity index (χ1v) is 9.57. The van der Waals surface area contributed by atoms with Gasteiger partial charge in [-0.05, 0) is 19.1 Å². The fraction of sp³-hybridized carbons (Fsp3) is 0.238. The number of benzene rings is 2. The van der Waals surface area contributed by atoms with Crippen molar-refractivity contribution < 1.29 is 14.6 Å². The van der Waals surface area contributed by atoms with E-state index in [1.54, 1.807) is 12.1 Å². The molecule has 138 valence electrons. The maximum Gasteiger partial charge on any atom is 0.232 e. The maximum absolute atomic E-state index is 13.2. The molecule has 1 aromatic heterocycles. The van der Waals surface area contributed by atoms with Gasteiger partial charge < -0.3 is 15.2 Å². The number of hydrogen-bond acceptors (Lipinski definition) is 5. The molecule has 1 amide bonds. The molecule has 0 radical (unpaired) electrons. The van der Waals surface area contributed by atoms with Crippen molar-refractivity contribution in [3.05, 3.63) is 64.7 Å². The number of phenols is 1. The lowest BCUT2D eigenvalue weighted by Gasteiger charge is -2.38. The first-order chi connectivity index (χ1) is 12.9. The zero-order chi connectivity index (χ0) is 19.2. The van der Waals surface area contributed by atoms with Crippen LogP contribution >= 0.6 is 11.3 Å². The van der Waals surface area contributed by atoms with E-state index in [0.717, 1.165) is 16.8 Å². The summed E-state index contributed by atoms with van der Waals surface area (Å²) < 4.78 is 5.98. The summed E-state index contributed by atoms with van der Waals surface area (Å²) in [6.45, 7) is 5.74. The minimum absolute atomic E-state index is 0.113. The Labute approximate surface area is 161 Å². The molecule has 0 saturated carbocycles. The molecule has 1 aliphatic rings. The summed E-state index contributed by atoms with van der Waals surface area (Å²) in [7, 11) is 0. The third kappa shape index (κ3) is 3.06. The van der Waals surface area contributed by atoms with Gasteiger partial charge in [-0.25, -0.2) is 4.98 Å². The van der Waals surface area contributed by atoms with Gasteiger partial charge in [-0.15, -0.1) is 11.3 Å². The second kappa shape index (κ2) is 6.39. The maximum atomic E-state index is 13.2. The minimum atomic E-state index is -0.773. The van der Waals surface area contributed by atoms with Crippen molar-refractivity contribution in [2.45, 2.75) is 26.7 Å². The lowest BCUT2D eigenvalue weighted by atomic mass is 9.69. The fourth-order valence-corrected chi connectivity index (χ4v) is 4.21. The van der Waals surface area contributed by atoms with E-state index >= 15 is 0 Å². The van der Waals surface area contributed by atoms with Gasteiger partial charge >= 0.3 is 0 Å². The Balaban J connectivity index is 1.78. The van der Waals surface area contributed by atoms with Gasteiger partial charge in [-0.3, -0.25) is 4.79 Å². The predicted molar refractivity (Wildman–Crippen MR) is 106 cm³/mol.